The number of anilines is 1. The van der Waals surface area contributed by atoms with Gasteiger partial charge in [-0.05, 0) is 82.6 Å². The minimum absolute atomic E-state index is 0.0748. The van der Waals surface area contributed by atoms with Crippen LogP contribution >= 0.6 is 11.3 Å². The van der Waals surface area contributed by atoms with E-state index >= 15 is 0 Å². The molecule has 2 aliphatic heterocycles. The molecule has 436 valence electrons. The molecule has 78 heavy (non-hydrogen) atoms. The highest BCUT2D eigenvalue weighted by Crippen LogP contribution is 2.41. The van der Waals surface area contributed by atoms with Crippen molar-refractivity contribution in [2.24, 2.45) is 5.92 Å². The second-order valence-electron chi connectivity index (χ2n) is 19.6. The molecule has 1 amide bonds. The van der Waals surface area contributed by atoms with Gasteiger partial charge in [0.25, 0.3) is 0 Å². The van der Waals surface area contributed by atoms with Gasteiger partial charge in [0.1, 0.15) is 11.3 Å². The van der Waals surface area contributed by atoms with Crippen LogP contribution < -0.4 is 11.1 Å². The summed E-state index contributed by atoms with van der Waals surface area (Å²) in [6, 6.07) is 2.31. The Bertz CT molecular complexity index is 2490. The fourth-order valence-corrected chi connectivity index (χ4v) is 11.0. The molecule has 2 fully saturated rings. The number of fused-ring (bicyclic) bond motifs is 3. The Labute approximate surface area is 466 Å². The van der Waals surface area contributed by atoms with Crippen LogP contribution in [-0.2, 0) is 70.2 Å². The highest BCUT2D eigenvalue weighted by atomic mass is 32.2. The summed E-state index contributed by atoms with van der Waals surface area (Å²) in [7, 11) is -1.67. The number of nitrogens with two attached hydrogens (primary N) is 1. The number of carbonyl (C=O) groups excluding carboxylic acids is 1. The maximum Gasteiger partial charge on any atom is 0.246 e. The molecular formula is C55H87N9O12S2. The van der Waals surface area contributed by atoms with Gasteiger partial charge in [-0.1, -0.05) is 25.2 Å². The van der Waals surface area contributed by atoms with E-state index in [9.17, 15) is 13.2 Å². The van der Waals surface area contributed by atoms with Crippen LogP contribution in [0.5, 0.6) is 0 Å². The first-order valence-corrected chi connectivity index (χ1v) is 30.7. The zero-order chi connectivity index (χ0) is 55.1. The molecule has 3 N–H and O–H groups in total. The zero-order valence-electron chi connectivity index (χ0n) is 46.6. The Morgan fingerprint density at radius 3 is 1.83 bits per heavy atom. The van der Waals surface area contributed by atoms with E-state index in [4.69, 9.17) is 58.3 Å². The van der Waals surface area contributed by atoms with E-state index in [-0.39, 0.29) is 11.1 Å². The van der Waals surface area contributed by atoms with Crippen LogP contribution in [0.4, 0.5) is 5.82 Å². The lowest BCUT2D eigenvalue weighted by Crippen LogP contribution is -2.37. The van der Waals surface area contributed by atoms with Crippen molar-refractivity contribution in [2.45, 2.75) is 88.8 Å². The van der Waals surface area contributed by atoms with Gasteiger partial charge in [0.05, 0.1) is 134 Å². The molecule has 4 aromatic rings. The van der Waals surface area contributed by atoms with Crippen molar-refractivity contribution < 1.29 is 55.8 Å². The number of methoxy groups -OCH3 is 1. The van der Waals surface area contributed by atoms with Crippen LogP contribution in [0.1, 0.15) is 86.9 Å². The smallest absolute Gasteiger partial charge is 0.246 e. The largest absolute Gasteiger partial charge is 0.383 e. The maximum absolute atomic E-state index is 12.0. The van der Waals surface area contributed by atoms with Crippen molar-refractivity contribution in [3.8, 4) is 11.8 Å². The summed E-state index contributed by atoms with van der Waals surface area (Å²) < 4.78 is 76.9. The molecule has 0 spiro atoms. The third-order valence-corrected chi connectivity index (χ3v) is 15.8. The second-order valence-corrected chi connectivity index (χ2v) is 22.6. The first kappa shape index (κ1) is 63.2. The third-order valence-electron chi connectivity index (χ3n) is 13.6. The monoisotopic (exact) mass is 1130 g/mol. The first-order chi connectivity index (χ1) is 38.1. The van der Waals surface area contributed by atoms with Gasteiger partial charge < -0.3 is 68.0 Å². The van der Waals surface area contributed by atoms with Gasteiger partial charge in [0.15, 0.2) is 5.82 Å². The number of sulfone groups is 1. The van der Waals surface area contributed by atoms with E-state index in [1.807, 2.05) is 11.3 Å². The number of imidazole rings is 1. The van der Waals surface area contributed by atoms with Gasteiger partial charge in [-0.25, -0.2) is 28.4 Å². The second kappa shape index (κ2) is 36.4. The number of likely N-dealkylation sites (tertiary alicyclic amines) is 2. The van der Waals surface area contributed by atoms with Crippen molar-refractivity contribution in [3.05, 3.63) is 34.7 Å². The predicted octanol–water partition coefficient (Wildman–Crippen LogP) is 4.77. The van der Waals surface area contributed by atoms with Crippen LogP contribution in [-0.4, -0.2) is 220 Å². The number of aryl methyl sites for hydroxylation is 1. The molecule has 2 saturated heterocycles. The first-order valence-electron chi connectivity index (χ1n) is 28.0. The molecule has 0 aromatic carbocycles. The molecule has 0 saturated carbocycles. The number of nitrogen functional groups attached to an aromatic ring is 1. The van der Waals surface area contributed by atoms with Gasteiger partial charge >= 0.3 is 0 Å². The molecule has 0 atom stereocenters. The number of hydrogen-bond acceptors (Lipinski definition) is 20. The minimum atomic E-state index is -3.45. The van der Waals surface area contributed by atoms with Gasteiger partial charge in [0.2, 0.25) is 20.9 Å². The summed E-state index contributed by atoms with van der Waals surface area (Å²) in [5.74, 6) is 8.56. The molecule has 2 aliphatic rings. The summed E-state index contributed by atoms with van der Waals surface area (Å²) in [5, 5.41) is 2.58. The van der Waals surface area contributed by atoms with E-state index in [1.54, 1.807) is 7.11 Å². The number of nitrogens with one attached hydrogen (secondary N) is 1. The lowest BCUT2D eigenvalue weighted by Gasteiger charge is -2.32. The number of nitrogens with zero attached hydrogens (tertiary/aromatic N) is 7. The third kappa shape index (κ3) is 22.9. The summed E-state index contributed by atoms with van der Waals surface area (Å²) in [6.07, 6.45) is 13.0. The average Bonchev–Trinajstić information content (AvgIpc) is 4.09. The number of thiophene rings is 1. The van der Waals surface area contributed by atoms with E-state index in [1.165, 1.54) is 27.5 Å². The zero-order valence-corrected chi connectivity index (χ0v) is 48.2. The molecular weight excluding hydrogens is 1040 g/mol. The van der Waals surface area contributed by atoms with Crippen molar-refractivity contribution in [3.63, 3.8) is 0 Å². The number of piperidine rings is 2. The number of unbranched alkanes of at least 4 members (excludes halogenated alkanes) is 2. The fourth-order valence-electron chi connectivity index (χ4n) is 9.24. The molecule has 21 nitrogen and oxygen atoms in total. The van der Waals surface area contributed by atoms with Crippen molar-refractivity contribution >= 4 is 54.1 Å². The Balaban J connectivity index is 0.682. The quantitative estimate of drug-likeness (QED) is 0.0347. The number of ether oxygens (including phenoxy) is 9. The Kier molecular flexibility index (Phi) is 29.5. The van der Waals surface area contributed by atoms with Gasteiger partial charge in [-0.3, -0.25) is 4.79 Å². The van der Waals surface area contributed by atoms with Gasteiger partial charge in [-0.2, -0.15) is 0 Å². The van der Waals surface area contributed by atoms with E-state index in [2.05, 4.69) is 54.5 Å². The van der Waals surface area contributed by atoms with Crippen molar-refractivity contribution in [2.75, 3.05) is 177 Å². The number of carbonyl (C=O) groups is 1. The lowest BCUT2D eigenvalue weighted by molar-refractivity contribution is -0.121. The Hall–Kier alpha value is -4.00. The number of aromatic nitrogens is 5. The van der Waals surface area contributed by atoms with Crippen LogP contribution in [0.15, 0.2) is 23.6 Å². The molecule has 4 aromatic heterocycles. The Morgan fingerprint density at radius 1 is 0.744 bits per heavy atom. The molecule has 0 unspecified atom stereocenters. The van der Waals surface area contributed by atoms with Crippen molar-refractivity contribution in [1.29, 1.82) is 0 Å². The molecule has 6 heterocycles. The number of amides is 1. The van der Waals surface area contributed by atoms with Crippen molar-refractivity contribution in [1.82, 2.24) is 39.6 Å². The van der Waals surface area contributed by atoms with Crippen LogP contribution in [0.25, 0.3) is 21.3 Å². The molecule has 0 aliphatic carbocycles. The van der Waals surface area contributed by atoms with Crippen LogP contribution in [0.2, 0.25) is 0 Å². The highest BCUT2D eigenvalue weighted by molar-refractivity contribution is 7.90. The number of rotatable bonds is 40. The van der Waals surface area contributed by atoms with E-state index < -0.39 is 9.84 Å². The van der Waals surface area contributed by atoms with Gasteiger partial charge in [0, 0.05) is 76.1 Å². The number of pyridine rings is 1. The maximum atomic E-state index is 12.0. The topological polar surface area (TPSA) is 235 Å². The standard InChI is InChI=1S/C55H87N9O12S2/c1-4-5-10-49-61-51-52(53-47(60-54(51)56)40-48(77-53)46-14-19-63(20-15-46)21-24-68-2)64(49)43-44-12-17-62(18-13-44)22-25-70-27-29-72-31-33-74-35-37-76-39-38-75-36-34-73-32-30-71-28-26-69-23-16-57-50(65)11-8-6-7-9-45-41-58-55(59-42-45)78(3,66)67/h40-42,44,46H,4-6,8,10-39,43H2,1-3H3,(H2,56,60)(H,57,65). The Morgan fingerprint density at radius 2 is 1.28 bits per heavy atom. The molecule has 0 radical (unpaired) electrons. The van der Waals surface area contributed by atoms with Crippen LogP contribution in [0, 0.1) is 17.8 Å². The van der Waals surface area contributed by atoms with Crippen LogP contribution in [0.3, 0.4) is 0 Å². The predicted molar refractivity (Wildman–Crippen MR) is 301 cm³/mol. The normalized spacial score (nSPS) is 15.2. The summed E-state index contributed by atoms with van der Waals surface area (Å²) >= 11 is 1.92. The molecule has 23 heteroatoms. The lowest BCUT2D eigenvalue weighted by atomic mass is 9.95. The summed E-state index contributed by atoms with van der Waals surface area (Å²) in [4.78, 5) is 36.1. The fraction of sp³-hybridized carbons (Fsp3) is 0.727. The average molecular weight is 1130 g/mol. The molecule has 0 bridgehead atoms. The van der Waals surface area contributed by atoms with E-state index in [0.717, 1.165) is 120 Å². The number of hydrogen-bond donors (Lipinski definition) is 2. The SMILES string of the molecule is CCCCc1nc2c(N)nc3cc(C4CCN(CCOC)CC4)sc3c2n1CC1CCN(CCOCCOCCOCCOCCOCCOCCOCCOCCNC(=O)CCCC#Cc2cnc(S(C)(=O)=O)nc2)CC1. The van der Waals surface area contributed by atoms with E-state index in [0.29, 0.717) is 155 Å². The van der Waals surface area contributed by atoms with Gasteiger partial charge in [-0.15, -0.1) is 11.3 Å². The minimum Gasteiger partial charge on any atom is -0.383 e. The highest BCUT2D eigenvalue weighted by Gasteiger charge is 2.27. The molecule has 6 rings (SSSR count). The summed E-state index contributed by atoms with van der Waals surface area (Å²) in [6.45, 7) is 18.5. The summed E-state index contributed by atoms with van der Waals surface area (Å²) in [5.41, 5.74) is 10.3.